The molecule has 2 aromatic heterocycles. The average molecular weight is 364 g/mol. The summed E-state index contributed by atoms with van der Waals surface area (Å²) in [5.74, 6) is -0.270. The molecular formula is C19H14ClN5O. The van der Waals surface area contributed by atoms with Gasteiger partial charge >= 0.3 is 0 Å². The van der Waals surface area contributed by atoms with Crippen LogP contribution >= 0.6 is 11.6 Å². The van der Waals surface area contributed by atoms with Crippen LogP contribution in [0, 0.1) is 6.92 Å². The van der Waals surface area contributed by atoms with Gasteiger partial charge in [-0.3, -0.25) is 4.79 Å². The van der Waals surface area contributed by atoms with Crippen molar-refractivity contribution in [1.29, 1.82) is 0 Å². The topological polar surface area (TPSA) is 72.7 Å². The maximum Gasteiger partial charge on any atom is 0.257 e. The highest BCUT2D eigenvalue weighted by Gasteiger charge is 2.14. The first-order chi connectivity index (χ1) is 12.6. The third-order valence-electron chi connectivity index (χ3n) is 3.93. The lowest BCUT2D eigenvalue weighted by atomic mass is 10.1. The fourth-order valence-electron chi connectivity index (χ4n) is 2.68. The summed E-state index contributed by atoms with van der Waals surface area (Å²) in [6.45, 7) is 1.97. The van der Waals surface area contributed by atoms with Gasteiger partial charge in [-0.2, -0.15) is 4.68 Å². The van der Waals surface area contributed by atoms with Crippen LogP contribution in [0.4, 0.5) is 5.69 Å². The normalized spacial score (nSPS) is 10.8. The molecule has 0 fully saturated rings. The number of hydrogen-bond donors (Lipinski definition) is 1. The van der Waals surface area contributed by atoms with Gasteiger partial charge in [-0.25, -0.2) is 4.98 Å². The molecule has 0 saturated heterocycles. The zero-order chi connectivity index (χ0) is 18.1. The van der Waals surface area contributed by atoms with Gasteiger partial charge in [-0.1, -0.05) is 28.9 Å². The van der Waals surface area contributed by atoms with Crippen molar-refractivity contribution in [3.63, 3.8) is 0 Å². The van der Waals surface area contributed by atoms with E-state index in [0.29, 0.717) is 27.4 Å². The number of anilines is 1. The number of halogens is 1. The van der Waals surface area contributed by atoms with Crippen molar-refractivity contribution < 1.29 is 4.79 Å². The molecule has 0 aliphatic rings. The van der Waals surface area contributed by atoms with Crippen LogP contribution in [0.3, 0.4) is 0 Å². The Bertz CT molecular complexity index is 1120. The van der Waals surface area contributed by atoms with Crippen LogP contribution in [0.15, 0.2) is 60.8 Å². The summed E-state index contributed by atoms with van der Waals surface area (Å²) in [6.07, 6.45) is 1.67. The minimum absolute atomic E-state index is 0.270. The van der Waals surface area contributed by atoms with Crippen LogP contribution in [-0.2, 0) is 0 Å². The molecule has 1 amide bonds. The number of nitrogens with one attached hydrogen (secondary N) is 1. The first kappa shape index (κ1) is 16.2. The van der Waals surface area contributed by atoms with Crippen LogP contribution in [0.5, 0.6) is 0 Å². The van der Waals surface area contributed by atoms with Crippen LogP contribution in [0.25, 0.3) is 16.9 Å². The Kier molecular flexibility index (Phi) is 4.10. The van der Waals surface area contributed by atoms with Crippen LogP contribution < -0.4 is 5.32 Å². The van der Waals surface area contributed by atoms with Crippen LogP contribution in [-0.4, -0.2) is 25.9 Å². The lowest BCUT2D eigenvalue weighted by Gasteiger charge is -2.09. The van der Waals surface area contributed by atoms with Gasteiger partial charge in [0.15, 0.2) is 5.65 Å². The Labute approximate surface area is 154 Å². The van der Waals surface area contributed by atoms with Crippen molar-refractivity contribution in [2.75, 3.05) is 5.32 Å². The van der Waals surface area contributed by atoms with Crippen LogP contribution in [0.2, 0.25) is 5.02 Å². The smallest absolute Gasteiger partial charge is 0.257 e. The van der Waals surface area contributed by atoms with Gasteiger partial charge < -0.3 is 5.32 Å². The fourth-order valence-corrected chi connectivity index (χ4v) is 2.94. The van der Waals surface area contributed by atoms with Gasteiger partial charge in [0, 0.05) is 11.9 Å². The highest BCUT2D eigenvalue weighted by Crippen LogP contribution is 2.23. The third-order valence-corrected chi connectivity index (χ3v) is 4.24. The second-order valence-electron chi connectivity index (χ2n) is 5.84. The molecule has 0 unspecified atom stereocenters. The maximum atomic E-state index is 12.5. The van der Waals surface area contributed by atoms with E-state index in [1.54, 1.807) is 35.1 Å². The minimum Gasteiger partial charge on any atom is -0.322 e. The van der Waals surface area contributed by atoms with E-state index in [2.05, 4.69) is 20.6 Å². The zero-order valence-electron chi connectivity index (χ0n) is 13.8. The number of pyridine rings is 1. The van der Waals surface area contributed by atoms with Gasteiger partial charge in [0.1, 0.15) is 5.52 Å². The standard InChI is InChI=1S/C19H14ClN5O/c1-12-4-2-5-13(10-12)22-19(26)15-8-7-14(11-16(15)20)25-18-17(23-24-25)6-3-9-21-18/h2-11H,1H3,(H,22,26). The van der Waals surface area contributed by atoms with Crippen molar-refractivity contribution in [2.45, 2.75) is 6.92 Å². The number of amides is 1. The van der Waals surface area contributed by atoms with E-state index in [1.165, 1.54) is 0 Å². The van der Waals surface area contributed by atoms with Crippen molar-refractivity contribution in [1.82, 2.24) is 20.0 Å². The Morgan fingerprint density at radius 1 is 1.12 bits per heavy atom. The first-order valence-electron chi connectivity index (χ1n) is 7.96. The van der Waals surface area contributed by atoms with E-state index in [-0.39, 0.29) is 5.91 Å². The first-order valence-corrected chi connectivity index (χ1v) is 8.34. The lowest BCUT2D eigenvalue weighted by Crippen LogP contribution is -2.13. The highest BCUT2D eigenvalue weighted by atomic mass is 35.5. The number of aryl methyl sites for hydroxylation is 1. The number of benzene rings is 2. The average Bonchev–Trinajstić information content (AvgIpc) is 3.05. The van der Waals surface area contributed by atoms with Gasteiger partial charge in [0.2, 0.25) is 0 Å². The highest BCUT2D eigenvalue weighted by molar-refractivity contribution is 6.34. The molecule has 0 saturated carbocycles. The Balaban J connectivity index is 1.64. The molecule has 0 radical (unpaired) electrons. The fraction of sp³-hybridized carbons (Fsp3) is 0.0526. The summed E-state index contributed by atoms with van der Waals surface area (Å²) in [7, 11) is 0. The van der Waals surface area contributed by atoms with E-state index in [1.807, 2.05) is 37.3 Å². The molecule has 1 N–H and O–H groups in total. The molecule has 6 nitrogen and oxygen atoms in total. The molecule has 2 aromatic carbocycles. The summed E-state index contributed by atoms with van der Waals surface area (Å²) in [4.78, 5) is 16.8. The number of fused-ring (bicyclic) bond motifs is 1. The SMILES string of the molecule is Cc1cccc(NC(=O)c2ccc(-n3nnc4cccnc43)cc2Cl)c1. The molecule has 2 heterocycles. The number of hydrogen-bond acceptors (Lipinski definition) is 4. The van der Waals surface area contributed by atoms with Crippen molar-refractivity contribution in [3.05, 3.63) is 76.9 Å². The molecule has 0 spiro atoms. The van der Waals surface area contributed by atoms with E-state index in [0.717, 1.165) is 11.3 Å². The summed E-state index contributed by atoms with van der Waals surface area (Å²) < 4.78 is 1.59. The number of carbonyl (C=O) groups is 1. The van der Waals surface area contributed by atoms with Crippen molar-refractivity contribution in [3.8, 4) is 5.69 Å². The largest absolute Gasteiger partial charge is 0.322 e. The van der Waals surface area contributed by atoms with Gasteiger partial charge in [0.05, 0.1) is 16.3 Å². The molecule has 0 aliphatic heterocycles. The van der Waals surface area contributed by atoms with Crippen LogP contribution in [0.1, 0.15) is 15.9 Å². The predicted molar refractivity (Wildman–Crippen MR) is 101 cm³/mol. The van der Waals surface area contributed by atoms with Gasteiger partial charge in [-0.15, -0.1) is 5.10 Å². The van der Waals surface area contributed by atoms with Gasteiger partial charge in [0.25, 0.3) is 5.91 Å². The number of carbonyl (C=O) groups excluding carboxylic acids is 1. The molecule has 0 aliphatic carbocycles. The van der Waals surface area contributed by atoms with E-state index in [9.17, 15) is 4.79 Å². The lowest BCUT2D eigenvalue weighted by molar-refractivity contribution is 0.102. The van der Waals surface area contributed by atoms with Gasteiger partial charge in [-0.05, 0) is 55.0 Å². The molecule has 128 valence electrons. The second-order valence-corrected chi connectivity index (χ2v) is 6.24. The number of rotatable bonds is 3. The predicted octanol–water partition coefficient (Wildman–Crippen LogP) is 4.03. The Morgan fingerprint density at radius 3 is 2.81 bits per heavy atom. The van der Waals surface area contributed by atoms with E-state index >= 15 is 0 Å². The molecule has 0 bridgehead atoms. The molecular weight excluding hydrogens is 350 g/mol. The summed E-state index contributed by atoms with van der Waals surface area (Å²) >= 11 is 6.35. The summed E-state index contributed by atoms with van der Waals surface area (Å²) in [5, 5.41) is 11.4. The quantitative estimate of drug-likeness (QED) is 0.596. The minimum atomic E-state index is -0.270. The second kappa shape index (κ2) is 6.57. The number of nitrogens with zero attached hydrogens (tertiary/aromatic N) is 4. The Morgan fingerprint density at radius 2 is 2.00 bits per heavy atom. The molecule has 4 rings (SSSR count). The van der Waals surface area contributed by atoms with E-state index in [4.69, 9.17) is 11.6 Å². The van der Waals surface area contributed by atoms with Crippen molar-refractivity contribution >= 4 is 34.4 Å². The molecule has 0 atom stereocenters. The Hall–Kier alpha value is -3.25. The zero-order valence-corrected chi connectivity index (χ0v) is 14.6. The number of aromatic nitrogens is 4. The molecule has 4 aromatic rings. The van der Waals surface area contributed by atoms with E-state index < -0.39 is 0 Å². The maximum absolute atomic E-state index is 12.5. The summed E-state index contributed by atoms with van der Waals surface area (Å²) in [6, 6.07) is 16.3. The third kappa shape index (κ3) is 3.02. The summed E-state index contributed by atoms with van der Waals surface area (Å²) in [5.41, 5.74) is 4.17. The monoisotopic (exact) mass is 363 g/mol. The van der Waals surface area contributed by atoms with Crippen molar-refractivity contribution in [2.24, 2.45) is 0 Å². The molecule has 26 heavy (non-hydrogen) atoms. The molecule has 7 heteroatoms.